The monoisotopic (exact) mass is 256 g/mol. The van der Waals surface area contributed by atoms with Gasteiger partial charge < -0.3 is 4.42 Å². The van der Waals surface area contributed by atoms with Crippen LogP contribution in [0.4, 0.5) is 4.39 Å². The zero-order valence-electron chi connectivity index (χ0n) is 9.79. The molecule has 2 heterocycles. The fraction of sp³-hybridized carbons (Fsp3) is 0. The van der Waals surface area contributed by atoms with Crippen LogP contribution in [0.5, 0.6) is 0 Å². The molecule has 0 aliphatic carbocycles. The standard InChI is InChI=1S/C14H9FN2O2/c15-10-2-4-13(17-7-1-6-16-17)12(8-10)14-5-3-11(9-18)19-14/h1-9H. The molecule has 0 saturated heterocycles. The molecule has 0 amide bonds. The van der Waals surface area contributed by atoms with Crippen molar-refractivity contribution >= 4 is 6.29 Å². The zero-order valence-corrected chi connectivity index (χ0v) is 9.79. The summed E-state index contributed by atoms with van der Waals surface area (Å²) in [6.07, 6.45) is 3.99. The number of aldehydes is 1. The Morgan fingerprint density at radius 2 is 2.16 bits per heavy atom. The van der Waals surface area contributed by atoms with Gasteiger partial charge in [-0.05, 0) is 36.4 Å². The quantitative estimate of drug-likeness (QED) is 0.676. The highest BCUT2D eigenvalue weighted by Gasteiger charge is 2.12. The maximum absolute atomic E-state index is 13.4. The van der Waals surface area contributed by atoms with Crippen LogP contribution in [-0.2, 0) is 0 Å². The number of carbonyl (C=O) groups excluding carboxylic acids is 1. The van der Waals surface area contributed by atoms with E-state index in [0.717, 1.165) is 0 Å². The molecule has 3 aromatic rings. The molecule has 1 aromatic carbocycles. The van der Waals surface area contributed by atoms with Crippen molar-refractivity contribution in [3.8, 4) is 17.0 Å². The van der Waals surface area contributed by atoms with Crippen LogP contribution in [0.2, 0.25) is 0 Å². The van der Waals surface area contributed by atoms with Gasteiger partial charge in [0, 0.05) is 18.0 Å². The number of aromatic nitrogens is 2. The first-order valence-corrected chi connectivity index (χ1v) is 5.63. The summed E-state index contributed by atoms with van der Waals surface area (Å²) in [5.74, 6) is 0.243. The fourth-order valence-corrected chi connectivity index (χ4v) is 1.88. The first-order valence-electron chi connectivity index (χ1n) is 5.63. The van der Waals surface area contributed by atoms with Gasteiger partial charge in [-0.1, -0.05) is 0 Å². The number of halogens is 1. The molecule has 0 bridgehead atoms. The van der Waals surface area contributed by atoms with Crippen molar-refractivity contribution in [3.05, 3.63) is 60.4 Å². The van der Waals surface area contributed by atoms with Gasteiger partial charge in [-0.2, -0.15) is 5.10 Å². The lowest BCUT2D eigenvalue weighted by Gasteiger charge is -2.07. The van der Waals surface area contributed by atoms with Crippen molar-refractivity contribution < 1.29 is 13.6 Å². The van der Waals surface area contributed by atoms with Gasteiger partial charge in [0.1, 0.15) is 11.6 Å². The number of rotatable bonds is 3. The molecule has 0 saturated carbocycles. The Hall–Kier alpha value is -2.69. The summed E-state index contributed by atoms with van der Waals surface area (Å²) in [4.78, 5) is 10.6. The van der Waals surface area contributed by atoms with Crippen molar-refractivity contribution in [2.24, 2.45) is 0 Å². The Kier molecular flexibility index (Phi) is 2.72. The predicted molar refractivity (Wildman–Crippen MR) is 66.6 cm³/mol. The van der Waals surface area contributed by atoms with Gasteiger partial charge in [-0.25, -0.2) is 9.07 Å². The van der Waals surface area contributed by atoms with Crippen LogP contribution in [0.3, 0.4) is 0 Å². The Morgan fingerprint density at radius 3 is 2.84 bits per heavy atom. The first kappa shape index (κ1) is 11.4. The Balaban J connectivity index is 2.18. The van der Waals surface area contributed by atoms with E-state index in [1.807, 2.05) is 0 Å². The third-order valence-electron chi connectivity index (χ3n) is 2.72. The van der Waals surface area contributed by atoms with E-state index in [0.29, 0.717) is 23.3 Å². The van der Waals surface area contributed by atoms with Crippen LogP contribution in [-0.4, -0.2) is 16.1 Å². The Labute approximate surface area is 108 Å². The molecule has 3 rings (SSSR count). The highest BCUT2D eigenvalue weighted by Crippen LogP contribution is 2.28. The van der Waals surface area contributed by atoms with Crippen molar-refractivity contribution in [1.82, 2.24) is 9.78 Å². The van der Waals surface area contributed by atoms with Crippen molar-refractivity contribution in [3.63, 3.8) is 0 Å². The van der Waals surface area contributed by atoms with E-state index in [-0.39, 0.29) is 11.6 Å². The maximum Gasteiger partial charge on any atom is 0.185 e. The molecule has 0 spiro atoms. The van der Waals surface area contributed by atoms with Crippen LogP contribution < -0.4 is 0 Å². The summed E-state index contributed by atoms with van der Waals surface area (Å²) in [5.41, 5.74) is 1.22. The van der Waals surface area contributed by atoms with Gasteiger partial charge in [0.05, 0.1) is 5.69 Å². The predicted octanol–water partition coefficient (Wildman–Crippen LogP) is 3.08. The molecule has 0 aliphatic rings. The molecular formula is C14H9FN2O2. The molecule has 19 heavy (non-hydrogen) atoms. The van der Waals surface area contributed by atoms with E-state index in [4.69, 9.17) is 4.42 Å². The average molecular weight is 256 g/mol. The molecule has 94 valence electrons. The second kappa shape index (κ2) is 4.53. The summed E-state index contributed by atoms with van der Waals surface area (Å²) in [5, 5.41) is 4.11. The van der Waals surface area contributed by atoms with Gasteiger partial charge in [-0.3, -0.25) is 4.79 Å². The second-order valence-electron chi connectivity index (χ2n) is 3.93. The van der Waals surface area contributed by atoms with E-state index in [2.05, 4.69) is 5.10 Å². The van der Waals surface area contributed by atoms with Gasteiger partial charge in [0.15, 0.2) is 12.0 Å². The van der Waals surface area contributed by atoms with Gasteiger partial charge in [0.2, 0.25) is 0 Å². The van der Waals surface area contributed by atoms with Gasteiger partial charge in [0.25, 0.3) is 0 Å². The summed E-state index contributed by atoms with van der Waals surface area (Å²) < 4.78 is 20.4. The molecule has 2 aromatic heterocycles. The lowest BCUT2D eigenvalue weighted by molar-refractivity contribution is 0.110. The number of furan rings is 1. The molecule has 0 N–H and O–H groups in total. The van der Waals surface area contributed by atoms with E-state index < -0.39 is 0 Å². The first-order chi connectivity index (χ1) is 9.28. The van der Waals surface area contributed by atoms with Crippen LogP contribution in [0.15, 0.2) is 53.2 Å². The van der Waals surface area contributed by atoms with Crippen LogP contribution in [0.25, 0.3) is 17.0 Å². The van der Waals surface area contributed by atoms with Crippen molar-refractivity contribution in [2.75, 3.05) is 0 Å². The number of hydrogen-bond donors (Lipinski definition) is 0. The number of carbonyl (C=O) groups is 1. The van der Waals surface area contributed by atoms with Gasteiger partial charge in [-0.15, -0.1) is 0 Å². The highest BCUT2D eigenvalue weighted by atomic mass is 19.1. The van der Waals surface area contributed by atoms with E-state index in [1.54, 1.807) is 41.3 Å². The Bertz CT molecular complexity index is 717. The SMILES string of the molecule is O=Cc1ccc(-c2cc(F)ccc2-n2cccn2)o1. The molecule has 0 atom stereocenters. The third-order valence-corrected chi connectivity index (χ3v) is 2.72. The van der Waals surface area contributed by atoms with Crippen LogP contribution in [0.1, 0.15) is 10.6 Å². The smallest absolute Gasteiger partial charge is 0.185 e. The van der Waals surface area contributed by atoms with Gasteiger partial charge >= 0.3 is 0 Å². The minimum Gasteiger partial charge on any atom is -0.453 e. The third kappa shape index (κ3) is 2.06. The fourth-order valence-electron chi connectivity index (χ4n) is 1.88. The zero-order chi connectivity index (χ0) is 13.2. The van der Waals surface area contributed by atoms with E-state index in [9.17, 15) is 9.18 Å². The number of nitrogens with zero attached hydrogens (tertiary/aromatic N) is 2. The molecule has 0 unspecified atom stereocenters. The molecule has 0 radical (unpaired) electrons. The minimum atomic E-state index is -0.380. The van der Waals surface area contributed by atoms with E-state index in [1.165, 1.54) is 12.1 Å². The maximum atomic E-state index is 13.4. The lowest BCUT2D eigenvalue weighted by atomic mass is 10.1. The Morgan fingerprint density at radius 1 is 1.26 bits per heavy atom. The van der Waals surface area contributed by atoms with Crippen molar-refractivity contribution in [1.29, 1.82) is 0 Å². The largest absolute Gasteiger partial charge is 0.453 e. The van der Waals surface area contributed by atoms with E-state index >= 15 is 0 Å². The molecular weight excluding hydrogens is 247 g/mol. The van der Waals surface area contributed by atoms with Crippen LogP contribution in [0, 0.1) is 5.82 Å². The summed E-state index contributed by atoms with van der Waals surface area (Å²) in [6.45, 7) is 0. The molecule has 4 nitrogen and oxygen atoms in total. The topological polar surface area (TPSA) is 48.0 Å². The summed E-state index contributed by atoms with van der Waals surface area (Å²) in [6, 6.07) is 9.26. The minimum absolute atomic E-state index is 0.200. The number of benzene rings is 1. The second-order valence-corrected chi connectivity index (χ2v) is 3.93. The molecule has 0 aliphatic heterocycles. The average Bonchev–Trinajstić information content (AvgIpc) is 3.10. The number of hydrogen-bond acceptors (Lipinski definition) is 3. The summed E-state index contributed by atoms with van der Waals surface area (Å²) in [7, 11) is 0. The highest BCUT2D eigenvalue weighted by molar-refractivity contribution is 5.75. The summed E-state index contributed by atoms with van der Waals surface area (Å²) >= 11 is 0. The van der Waals surface area contributed by atoms with Crippen LogP contribution >= 0.6 is 0 Å². The lowest BCUT2D eigenvalue weighted by Crippen LogP contribution is -1.97. The normalized spacial score (nSPS) is 10.6. The molecule has 0 fully saturated rings. The van der Waals surface area contributed by atoms with Crippen molar-refractivity contribution in [2.45, 2.75) is 0 Å². The molecule has 5 heteroatoms.